The van der Waals surface area contributed by atoms with Gasteiger partial charge in [-0.3, -0.25) is 9.59 Å². The first-order valence-corrected chi connectivity index (χ1v) is 7.29. The van der Waals surface area contributed by atoms with Crippen LogP contribution in [0.25, 0.3) is 0 Å². The molecule has 0 radical (unpaired) electrons. The average Bonchev–Trinajstić information content (AvgIpc) is 1.88. The van der Waals surface area contributed by atoms with Gasteiger partial charge in [0.2, 0.25) is 0 Å². The van der Waals surface area contributed by atoms with Gasteiger partial charge in [-0.2, -0.15) is 0 Å². The van der Waals surface area contributed by atoms with Crippen molar-refractivity contribution < 1.29 is 39.3 Å². The number of carboxylic acid groups (broad SMARTS) is 2. The van der Waals surface area contributed by atoms with Crippen LogP contribution in [-0.4, -0.2) is 26.0 Å². The second kappa shape index (κ2) is 12.6. The number of hydrogen-bond acceptors (Lipinski definition) is 2. The van der Waals surface area contributed by atoms with Crippen molar-refractivity contribution in [1.82, 2.24) is 0 Å². The fourth-order valence-corrected chi connectivity index (χ4v) is 0. The van der Waals surface area contributed by atoms with E-state index in [-0.39, 0.29) is 23.3 Å². The van der Waals surface area contributed by atoms with Crippen LogP contribution in [0.15, 0.2) is 0 Å². The predicted octanol–water partition coefficient (Wildman–Crippen LogP) is 2.53. The van der Waals surface area contributed by atoms with Crippen LogP contribution in [0.3, 0.4) is 0 Å². The van der Waals surface area contributed by atoms with Crippen LogP contribution in [0.1, 0.15) is 0 Å². The van der Waals surface area contributed by atoms with E-state index >= 15 is 0 Å². The van der Waals surface area contributed by atoms with E-state index < -0.39 is 11.9 Å². The molecule has 0 heterocycles. The van der Waals surface area contributed by atoms with E-state index in [9.17, 15) is 9.59 Å². The van der Waals surface area contributed by atoms with Gasteiger partial charge in [0.1, 0.15) is 0 Å². The number of aliphatic carboxylic acids is 2. The Balaban J connectivity index is -0.000000143. The van der Waals surface area contributed by atoms with Gasteiger partial charge in [0, 0.05) is 19.5 Å². The van der Waals surface area contributed by atoms with Crippen LogP contribution < -0.4 is 0 Å². The van der Waals surface area contributed by atoms with Gasteiger partial charge in [0.25, 0.3) is 0 Å². The number of carbonyl (C=O) groups is 2. The van der Waals surface area contributed by atoms with Crippen LogP contribution in [0.2, 0.25) is 0 Å². The fourth-order valence-electron chi connectivity index (χ4n) is 0. The van der Waals surface area contributed by atoms with Crippen molar-refractivity contribution in [2.24, 2.45) is 0 Å². The van der Waals surface area contributed by atoms with Crippen molar-refractivity contribution >= 4 is 102 Å². The SMILES string of the molecule is O=C(O)C(I)I.O=C(O)C(I)I.[Zn]. The van der Waals surface area contributed by atoms with Crippen molar-refractivity contribution in [2.75, 3.05) is 0 Å². The predicted molar refractivity (Wildman–Crippen MR) is 78.9 cm³/mol. The summed E-state index contributed by atoms with van der Waals surface area (Å²) in [7, 11) is 0. The molecule has 0 amide bonds. The van der Waals surface area contributed by atoms with Gasteiger partial charge in [0.05, 0.1) is 0 Å². The molecular weight excluding hydrogens is 685 g/mol. The van der Waals surface area contributed by atoms with Gasteiger partial charge in [-0.1, -0.05) is 90.4 Å². The molecule has 0 fully saturated rings. The third-order valence-electron chi connectivity index (χ3n) is 0.373. The summed E-state index contributed by atoms with van der Waals surface area (Å²) in [5.41, 5.74) is 0. The van der Waals surface area contributed by atoms with Crippen LogP contribution in [0.4, 0.5) is 0 Å². The van der Waals surface area contributed by atoms with Crippen molar-refractivity contribution in [3.05, 3.63) is 0 Å². The van der Waals surface area contributed by atoms with Gasteiger partial charge in [-0.15, -0.1) is 0 Å². The molecule has 0 aliphatic heterocycles. The Morgan fingerprint density at radius 1 is 0.846 bits per heavy atom. The molecule has 2 N–H and O–H groups in total. The first-order chi connectivity index (χ1) is 5.29. The maximum Gasteiger partial charge on any atom is 0.326 e. The molecule has 74 valence electrons. The number of carboxylic acids is 2. The molecule has 4 nitrogen and oxygen atoms in total. The van der Waals surface area contributed by atoms with Crippen molar-refractivity contribution in [2.45, 2.75) is 3.86 Å². The summed E-state index contributed by atoms with van der Waals surface area (Å²) < 4.78 is -0.583. The van der Waals surface area contributed by atoms with Gasteiger partial charge >= 0.3 is 11.9 Å². The van der Waals surface area contributed by atoms with E-state index in [0.29, 0.717) is 0 Å². The van der Waals surface area contributed by atoms with E-state index in [2.05, 4.69) is 0 Å². The normalized spacial score (nSPS) is 8.46. The summed E-state index contributed by atoms with van der Waals surface area (Å²) in [5, 5.41) is 16.0. The zero-order valence-electron chi connectivity index (χ0n) is 6.08. The molecule has 9 heteroatoms. The van der Waals surface area contributed by atoms with Gasteiger partial charge < -0.3 is 10.2 Å². The minimum absolute atomic E-state index is 0. The van der Waals surface area contributed by atoms with Crippen molar-refractivity contribution in [3.63, 3.8) is 0 Å². The number of alkyl halides is 4. The smallest absolute Gasteiger partial charge is 0.326 e. The summed E-state index contributed by atoms with van der Waals surface area (Å²) in [6.45, 7) is 0. The molecule has 0 saturated heterocycles. The van der Waals surface area contributed by atoms with E-state index in [1.807, 2.05) is 90.4 Å². The van der Waals surface area contributed by atoms with Crippen LogP contribution in [-0.2, 0) is 29.1 Å². The van der Waals surface area contributed by atoms with Crippen molar-refractivity contribution in [1.29, 1.82) is 0 Å². The molecule has 0 unspecified atom stereocenters. The third-order valence-corrected chi connectivity index (χ3v) is 2.50. The van der Waals surface area contributed by atoms with Gasteiger partial charge in [-0.05, 0) is 0 Å². The molecular formula is C4H4I4O4Zn. The Morgan fingerprint density at radius 3 is 0.923 bits per heavy atom. The largest absolute Gasteiger partial charge is 0.480 e. The fraction of sp³-hybridized carbons (Fsp3) is 0.500. The standard InChI is InChI=1S/2C2H2I2O2.Zn/c2*3-1(4)2(5)6;/h2*1H,(H,5,6);. The minimum atomic E-state index is -0.767. The maximum atomic E-state index is 9.68. The van der Waals surface area contributed by atoms with Crippen LogP contribution in [0, 0.1) is 0 Å². The summed E-state index contributed by atoms with van der Waals surface area (Å²) in [6, 6.07) is 0. The molecule has 13 heavy (non-hydrogen) atoms. The molecule has 0 saturated carbocycles. The average molecular weight is 689 g/mol. The Kier molecular flexibility index (Phi) is 20.1. The molecule has 0 bridgehead atoms. The summed E-state index contributed by atoms with van der Waals surface area (Å²) in [4.78, 5) is 19.4. The Bertz CT molecular complexity index is 144. The molecule has 0 rings (SSSR count). The molecule has 0 spiro atoms. The third kappa shape index (κ3) is 20.5. The summed E-state index contributed by atoms with van der Waals surface area (Å²) in [5.74, 6) is -1.53. The number of rotatable bonds is 2. The van der Waals surface area contributed by atoms with E-state index in [1.54, 1.807) is 0 Å². The molecule has 0 aromatic heterocycles. The maximum absolute atomic E-state index is 9.68. The molecule has 0 aliphatic carbocycles. The first kappa shape index (κ1) is 20.8. The second-order valence-corrected chi connectivity index (χ2v) is 11.0. The van der Waals surface area contributed by atoms with Crippen LogP contribution in [0.5, 0.6) is 0 Å². The Labute approximate surface area is 143 Å². The molecule has 0 aliphatic rings. The van der Waals surface area contributed by atoms with Gasteiger partial charge in [0.15, 0.2) is 3.86 Å². The summed E-state index contributed by atoms with van der Waals surface area (Å²) >= 11 is 7.28. The van der Waals surface area contributed by atoms with E-state index in [0.717, 1.165) is 0 Å². The quantitative estimate of drug-likeness (QED) is 0.266. The number of hydrogen-bond donors (Lipinski definition) is 2. The monoisotopic (exact) mass is 688 g/mol. The van der Waals surface area contributed by atoms with Crippen molar-refractivity contribution in [3.8, 4) is 0 Å². The molecule has 0 aromatic carbocycles. The number of halogens is 4. The molecule has 0 aromatic rings. The Hall–Kier alpha value is 2.48. The topological polar surface area (TPSA) is 74.6 Å². The minimum Gasteiger partial charge on any atom is -0.480 e. The van der Waals surface area contributed by atoms with E-state index in [4.69, 9.17) is 10.2 Å². The zero-order valence-corrected chi connectivity index (χ0v) is 17.7. The van der Waals surface area contributed by atoms with Crippen LogP contribution >= 0.6 is 90.4 Å². The zero-order chi connectivity index (χ0) is 10.3. The first-order valence-electron chi connectivity index (χ1n) is 2.31. The Morgan fingerprint density at radius 2 is 0.923 bits per heavy atom. The summed E-state index contributed by atoms with van der Waals surface area (Å²) in [6.07, 6.45) is 0. The van der Waals surface area contributed by atoms with Gasteiger partial charge in [-0.25, -0.2) is 0 Å². The molecule has 0 atom stereocenters. The second-order valence-electron chi connectivity index (χ2n) is 1.28. The van der Waals surface area contributed by atoms with E-state index in [1.165, 1.54) is 0 Å².